The predicted octanol–water partition coefficient (Wildman–Crippen LogP) is 2.68. The molecule has 144 valence electrons. The average molecular weight is 360 g/mol. The molecule has 1 aliphatic heterocycles. The number of hydrogen-bond acceptors (Lipinski definition) is 3. The standard InChI is InChI=1S/C21H32N2O3/c1-14(24)2-3-19(25)22-18-4-6-23(7-5-18)20(26)21-11-15-8-16(12-21)10-17(9-15)13-21/h15-18H,2-13H2,1H3,(H,22,25). The van der Waals surface area contributed by atoms with E-state index < -0.39 is 0 Å². The number of Topliss-reactive ketones (excluding diaryl/α,β-unsaturated/α-hetero) is 1. The molecule has 0 unspecified atom stereocenters. The van der Waals surface area contributed by atoms with Crippen molar-refractivity contribution in [3.05, 3.63) is 0 Å². The molecule has 0 aromatic rings. The molecule has 5 rings (SSSR count). The maximum Gasteiger partial charge on any atom is 0.228 e. The molecule has 5 fully saturated rings. The van der Waals surface area contributed by atoms with Gasteiger partial charge in [0.1, 0.15) is 5.78 Å². The molecule has 2 amide bonds. The van der Waals surface area contributed by atoms with E-state index in [9.17, 15) is 14.4 Å². The Balaban J connectivity index is 1.29. The summed E-state index contributed by atoms with van der Waals surface area (Å²) >= 11 is 0. The minimum atomic E-state index is -0.0493. The van der Waals surface area contributed by atoms with Gasteiger partial charge in [0.2, 0.25) is 11.8 Å². The molecule has 0 spiro atoms. The quantitative estimate of drug-likeness (QED) is 0.820. The summed E-state index contributed by atoms with van der Waals surface area (Å²) in [5.74, 6) is 2.81. The summed E-state index contributed by atoms with van der Waals surface area (Å²) < 4.78 is 0. The lowest BCUT2D eigenvalue weighted by Gasteiger charge is -2.57. The zero-order valence-electron chi connectivity index (χ0n) is 16.0. The fraction of sp³-hybridized carbons (Fsp3) is 0.857. The highest BCUT2D eigenvalue weighted by molar-refractivity contribution is 5.84. The summed E-state index contributed by atoms with van der Waals surface area (Å²) in [4.78, 5) is 38.4. The van der Waals surface area contributed by atoms with Gasteiger partial charge in [0.15, 0.2) is 0 Å². The summed E-state index contributed by atoms with van der Waals surface area (Å²) in [5, 5.41) is 3.04. The number of nitrogens with one attached hydrogen (secondary N) is 1. The molecule has 4 saturated carbocycles. The second-order valence-corrected chi connectivity index (χ2v) is 9.53. The van der Waals surface area contributed by atoms with Crippen LogP contribution in [0.2, 0.25) is 0 Å². The van der Waals surface area contributed by atoms with Gasteiger partial charge in [0.05, 0.1) is 5.41 Å². The molecule has 0 atom stereocenters. The fourth-order valence-corrected chi connectivity index (χ4v) is 6.52. The first-order valence-corrected chi connectivity index (χ1v) is 10.5. The molecule has 0 aromatic heterocycles. The van der Waals surface area contributed by atoms with Gasteiger partial charge >= 0.3 is 0 Å². The molecule has 1 heterocycles. The monoisotopic (exact) mass is 360 g/mol. The van der Waals surface area contributed by atoms with E-state index in [0.29, 0.717) is 12.3 Å². The van der Waals surface area contributed by atoms with E-state index in [1.807, 2.05) is 0 Å². The summed E-state index contributed by atoms with van der Waals surface area (Å²) in [7, 11) is 0. The van der Waals surface area contributed by atoms with Gasteiger partial charge < -0.3 is 15.0 Å². The van der Waals surface area contributed by atoms with E-state index in [1.165, 1.54) is 26.2 Å². The molecule has 1 saturated heterocycles. The van der Waals surface area contributed by atoms with Crippen LogP contribution in [0.4, 0.5) is 0 Å². The van der Waals surface area contributed by atoms with Crippen LogP contribution in [0.5, 0.6) is 0 Å². The van der Waals surface area contributed by atoms with Gasteiger partial charge in [0.25, 0.3) is 0 Å². The van der Waals surface area contributed by atoms with Crippen molar-refractivity contribution in [3.63, 3.8) is 0 Å². The number of amides is 2. The first-order valence-electron chi connectivity index (χ1n) is 10.5. The van der Waals surface area contributed by atoms with Gasteiger partial charge in [-0.3, -0.25) is 9.59 Å². The predicted molar refractivity (Wildman–Crippen MR) is 98.3 cm³/mol. The highest BCUT2D eigenvalue weighted by atomic mass is 16.2. The van der Waals surface area contributed by atoms with Crippen LogP contribution in [0.3, 0.4) is 0 Å². The van der Waals surface area contributed by atoms with Gasteiger partial charge in [-0.05, 0) is 76.0 Å². The summed E-state index contributed by atoms with van der Waals surface area (Å²) in [6.07, 6.45) is 9.73. The zero-order chi connectivity index (χ0) is 18.3. The Bertz CT molecular complexity index is 557. The SMILES string of the molecule is CC(=O)CCC(=O)NC1CCN(C(=O)C23CC4CC(CC(C4)C2)C3)CC1. The highest BCUT2D eigenvalue weighted by Crippen LogP contribution is 2.60. The van der Waals surface area contributed by atoms with Gasteiger partial charge in [0, 0.05) is 32.0 Å². The topological polar surface area (TPSA) is 66.5 Å². The number of carbonyl (C=O) groups is 3. The molecule has 26 heavy (non-hydrogen) atoms. The fourth-order valence-electron chi connectivity index (χ4n) is 6.52. The summed E-state index contributed by atoms with van der Waals surface area (Å²) in [6.45, 7) is 3.04. The maximum absolute atomic E-state index is 13.4. The minimum absolute atomic E-state index is 0.0361. The normalized spacial score (nSPS) is 36.2. The third-order valence-corrected chi connectivity index (χ3v) is 7.34. The smallest absolute Gasteiger partial charge is 0.228 e. The van der Waals surface area contributed by atoms with Crippen molar-refractivity contribution < 1.29 is 14.4 Å². The van der Waals surface area contributed by atoms with Crippen molar-refractivity contribution in [2.75, 3.05) is 13.1 Å². The van der Waals surface area contributed by atoms with E-state index >= 15 is 0 Å². The molecule has 1 N–H and O–H groups in total. The van der Waals surface area contributed by atoms with Crippen LogP contribution in [0.25, 0.3) is 0 Å². The minimum Gasteiger partial charge on any atom is -0.353 e. The molecule has 0 aromatic carbocycles. The van der Waals surface area contributed by atoms with Crippen molar-refractivity contribution in [2.24, 2.45) is 23.2 Å². The Labute approximate surface area is 156 Å². The zero-order valence-corrected chi connectivity index (χ0v) is 16.0. The number of rotatable bonds is 5. The summed E-state index contributed by atoms with van der Waals surface area (Å²) in [5.41, 5.74) is -0.0493. The van der Waals surface area contributed by atoms with Crippen molar-refractivity contribution >= 4 is 17.6 Å². The Morgan fingerprint density at radius 2 is 1.46 bits per heavy atom. The van der Waals surface area contributed by atoms with Crippen LogP contribution in [-0.4, -0.2) is 41.6 Å². The Kier molecular flexibility index (Phi) is 4.83. The third-order valence-electron chi connectivity index (χ3n) is 7.34. The van der Waals surface area contributed by atoms with Crippen molar-refractivity contribution in [2.45, 2.75) is 77.2 Å². The molecule has 0 radical (unpaired) electrons. The molecular formula is C21H32N2O3. The molecular weight excluding hydrogens is 328 g/mol. The number of hydrogen-bond donors (Lipinski definition) is 1. The molecule has 5 heteroatoms. The van der Waals surface area contributed by atoms with E-state index in [0.717, 1.165) is 62.9 Å². The van der Waals surface area contributed by atoms with Crippen LogP contribution < -0.4 is 5.32 Å². The second kappa shape index (κ2) is 6.97. The first-order chi connectivity index (χ1) is 12.4. The summed E-state index contributed by atoms with van der Waals surface area (Å²) in [6, 6.07) is 0.148. The third kappa shape index (κ3) is 3.54. The first kappa shape index (κ1) is 18.0. The Morgan fingerprint density at radius 1 is 0.923 bits per heavy atom. The van der Waals surface area contributed by atoms with Crippen LogP contribution in [0.1, 0.15) is 71.1 Å². The lowest BCUT2D eigenvalue weighted by atomic mass is 9.49. The lowest BCUT2D eigenvalue weighted by Crippen LogP contribution is -2.56. The Hall–Kier alpha value is -1.39. The largest absolute Gasteiger partial charge is 0.353 e. The van der Waals surface area contributed by atoms with E-state index in [4.69, 9.17) is 0 Å². The maximum atomic E-state index is 13.4. The van der Waals surface area contributed by atoms with Crippen molar-refractivity contribution in [1.29, 1.82) is 0 Å². The van der Waals surface area contributed by atoms with E-state index in [-0.39, 0.29) is 29.6 Å². The molecule has 5 nitrogen and oxygen atoms in total. The lowest BCUT2D eigenvalue weighted by molar-refractivity contribution is -0.158. The van der Waals surface area contributed by atoms with Crippen LogP contribution in [0, 0.1) is 23.2 Å². The van der Waals surface area contributed by atoms with Crippen LogP contribution >= 0.6 is 0 Å². The van der Waals surface area contributed by atoms with Gasteiger partial charge in [-0.1, -0.05) is 0 Å². The van der Waals surface area contributed by atoms with E-state index in [1.54, 1.807) is 0 Å². The van der Waals surface area contributed by atoms with Crippen molar-refractivity contribution in [1.82, 2.24) is 10.2 Å². The number of ketones is 1. The van der Waals surface area contributed by atoms with E-state index in [2.05, 4.69) is 10.2 Å². The van der Waals surface area contributed by atoms with Gasteiger partial charge in [-0.15, -0.1) is 0 Å². The molecule has 4 bridgehead atoms. The highest BCUT2D eigenvalue weighted by Gasteiger charge is 2.55. The number of likely N-dealkylation sites (tertiary alicyclic amines) is 1. The Morgan fingerprint density at radius 3 is 1.96 bits per heavy atom. The number of piperidine rings is 1. The molecule has 4 aliphatic carbocycles. The number of carbonyl (C=O) groups excluding carboxylic acids is 3. The number of nitrogens with zero attached hydrogens (tertiary/aromatic N) is 1. The average Bonchev–Trinajstić information content (AvgIpc) is 2.59. The van der Waals surface area contributed by atoms with Gasteiger partial charge in [-0.25, -0.2) is 0 Å². The second-order valence-electron chi connectivity index (χ2n) is 9.53. The molecule has 5 aliphatic rings. The van der Waals surface area contributed by atoms with Crippen LogP contribution in [-0.2, 0) is 14.4 Å². The van der Waals surface area contributed by atoms with Gasteiger partial charge in [-0.2, -0.15) is 0 Å². The van der Waals surface area contributed by atoms with Crippen molar-refractivity contribution in [3.8, 4) is 0 Å². The van der Waals surface area contributed by atoms with Crippen LogP contribution in [0.15, 0.2) is 0 Å².